The first-order valence-electron chi connectivity index (χ1n) is 4.95. The van der Waals surface area contributed by atoms with E-state index in [2.05, 4.69) is 5.32 Å². The van der Waals surface area contributed by atoms with Gasteiger partial charge in [-0.25, -0.2) is 4.39 Å². The lowest BCUT2D eigenvalue weighted by Gasteiger charge is -2.12. The molecule has 3 N–H and O–H groups in total. The minimum Gasteiger partial charge on any atom is -0.389 e. The van der Waals surface area contributed by atoms with Crippen LogP contribution in [0.15, 0.2) is 18.2 Å². The van der Waals surface area contributed by atoms with E-state index < -0.39 is 5.82 Å². The van der Waals surface area contributed by atoms with Crippen molar-refractivity contribution in [1.82, 2.24) is 4.90 Å². The molecule has 0 heterocycles. The zero-order chi connectivity index (χ0) is 13.0. The molecule has 0 aromatic heterocycles. The highest BCUT2D eigenvalue weighted by Crippen LogP contribution is 2.15. The van der Waals surface area contributed by atoms with Crippen LogP contribution in [0.5, 0.6) is 0 Å². The lowest BCUT2D eigenvalue weighted by Crippen LogP contribution is -2.28. The van der Waals surface area contributed by atoms with Gasteiger partial charge in [-0.2, -0.15) is 0 Å². The Balaban J connectivity index is 2.73. The summed E-state index contributed by atoms with van der Waals surface area (Å²) in [5.74, 6) is -0.621. The van der Waals surface area contributed by atoms with Crippen LogP contribution in [-0.2, 0) is 4.79 Å². The number of carbonyl (C=O) groups is 1. The maximum Gasteiger partial charge on any atom is 0.241 e. The van der Waals surface area contributed by atoms with E-state index in [1.54, 1.807) is 20.2 Å². The van der Waals surface area contributed by atoms with Crippen LogP contribution in [0.25, 0.3) is 0 Å². The van der Waals surface area contributed by atoms with Gasteiger partial charge in [0.05, 0.1) is 12.2 Å². The van der Waals surface area contributed by atoms with E-state index in [0.29, 0.717) is 5.56 Å². The van der Waals surface area contributed by atoms with E-state index in [-0.39, 0.29) is 23.1 Å². The Morgan fingerprint density at radius 3 is 2.65 bits per heavy atom. The summed E-state index contributed by atoms with van der Waals surface area (Å²) in [6.07, 6.45) is 0. The topological polar surface area (TPSA) is 58.4 Å². The zero-order valence-electron chi connectivity index (χ0n) is 9.66. The van der Waals surface area contributed by atoms with Crippen molar-refractivity contribution < 1.29 is 9.18 Å². The number of likely N-dealkylation sites (N-methyl/N-ethyl adjacent to an activating group) is 1. The van der Waals surface area contributed by atoms with Gasteiger partial charge in [0.15, 0.2) is 0 Å². The van der Waals surface area contributed by atoms with Gasteiger partial charge in [0.25, 0.3) is 0 Å². The van der Waals surface area contributed by atoms with Gasteiger partial charge in [-0.3, -0.25) is 4.79 Å². The number of carbonyl (C=O) groups excluding carboxylic acids is 1. The minimum atomic E-state index is -0.484. The van der Waals surface area contributed by atoms with Crippen LogP contribution in [0.4, 0.5) is 10.1 Å². The predicted octanol–water partition coefficient (Wildman–Crippen LogP) is 0.960. The molecule has 92 valence electrons. The molecule has 1 aromatic carbocycles. The van der Waals surface area contributed by atoms with Gasteiger partial charge in [0.2, 0.25) is 5.91 Å². The molecule has 0 aliphatic carbocycles. The summed E-state index contributed by atoms with van der Waals surface area (Å²) in [5, 5.41) is 2.71. The van der Waals surface area contributed by atoms with Crippen molar-refractivity contribution in [3.63, 3.8) is 0 Å². The zero-order valence-corrected chi connectivity index (χ0v) is 10.5. The van der Waals surface area contributed by atoms with Crippen molar-refractivity contribution in [3.05, 3.63) is 29.6 Å². The molecule has 0 bridgehead atoms. The largest absolute Gasteiger partial charge is 0.389 e. The molecule has 1 amide bonds. The SMILES string of the molecule is CN(C)C(=O)CNc1ccc(C(N)=S)cc1F. The number of nitrogens with one attached hydrogen (secondary N) is 1. The number of amides is 1. The Morgan fingerprint density at radius 2 is 2.18 bits per heavy atom. The first-order valence-corrected chi connectivity index (χ1v) is 5.36. The molecule has 0 aliphatic rings. The molecule has 1 rings (SSSR count). The third-order valence-electron chi connectivity index (χ3n) is 2.18. The quantitative estimate of drug-likeness (QED) is 0.787. The van der Waals surface area contributed by atoms with Gasteiger partial charge < -0.3 is 16.0 Å². The van der Waals surface area contributed by atoms with Gasteiger partial charge in [0, 0.05) is 19.7 Å². The second kappa shape index (κ2) is 5.58. The first-order chi connectivity index (χ1) is 7.91. The average molecular weight is 255 g/mol. The van der Waals surface area contributed by atoms with Crippen molar-refractivity contribution in [1.29, 1.82) is 0 Å². The van der Waals surface area contributed by atoms with Crippen molar-refractivity contribution in [2.75, 3.05) is 26.0 Å². The average Bonchev–Trinajstić information content (AvgIpc) is 2.26. The second-order valence-electron chi connectivity index (χ2n) is 3.70. The number of anilines is 1. The van der Waals surface area contributed by atoms with Gasteiger partial charge in [-0.05, 0) is 18.2 Å². The van der Waals surface area contributed by atoms with Gasteiger partial charge >= 0.3 is 0 Å². The maximum atomic E-state index is 13.6. The van der Waals surface area contributed by atoms with Gasteiger partial charge in [-0.1, -0.05) is 12.2 Å². The van der Waals surface area contributed by atoms with Gasteiger partial charge in [0.1, 0.15) is 10.8 Å². The number of nitrogens with two attached hydrogens (primary N) is 1. The van der Waals surface area contributed by atoms with Crippen molar-refractivity contribution in [3.8, 4) is 0 Å². The number of thiocarbonyl (C=S) groups is 1. The normalized spacial score (nSPS) is 9.82. The number of hydrogen-bond donors (Lipinski definition) is 2. The molecule has 0 fully saturated rings. The van der Waals surface area contributed by atoms with Crippen LogP contribution in [-0.4, -0.2) is 36.4 Å². The summed E-state index contributed by atoms with van der Waals surface area (Å²) in [6, 6.07) is 4.35. The summed E-state index contributed by atoms with van der Waals surface area (Å²) >= 11 is 4.74. The monoisotopic (exact) mass is 255 g/mol. The molecule has 17 heavy (non-hydrogen) atoms. The summed E-state index contributed by atoms with van der Waals surface area (Å²) in [6.45, 7) is 0.0380. The van der Waals surface area contributed by atoms with Gasteiger partial charge in [-0.15, -0.1) is 0 Å². The molecule has 0 unspecified atom stereocenters. The van der Waals surface area contributed by atoms with Crippen molar-refractivity contribution >= 4 is 28.8 Å². The van der Waals surface area contributed by atoms with Crippen LogP contribution < -0.4 is 11.1 Å². The van der Waals surface area contributed by atoms with E-state index in [9.17, 15) is 9.18 Å². The Kier molecular flexibility index (Phi) is 4.39. The lowest BCUT2D eigenvalue weighted by atomic mass is 10.2. The van der Waals surface area contributed by atoms with Crippen LogP contribution in [0.3, 0.4) is 0 Å². The summed E-state index contributed by atoms with van der Waals surface area (Å²) in [4.78, 5) is 12.9. The van der Waals surface area contributed by atoms with Crippen LogP contribution in [0.2, 0.25) is 0 Å². The summed E-state index contributed by atoms with van der Waals surface area (Å²) in [5.41, 5.74) is 6.09. The molecule has 1 aromatic rings. The molecule has 0 saturated heterocycles. The summed E-state index contributed by atoms with van der Waals surface area (Å²) < 4.78 is 13.6. The van der Waals surface area contributed by atoms with E-state index in [0.717, 1.165) is 0 Å². The van der Waals surface area contributed by atoms with Crippen LogP contribution >= 0.6 is 12.2 Å². The third-order valence-corrected chi connectivity index (χ3v) is 2.42. The Labute approximate surface area is 105 Å². The molecule has 4 nitrogen and oxygen atoms in total. The number of nitrogens with zero attached hydrogens (tertiary/aromatic N) is 1. The number of rotatable bonds is 4. The molecule has 0 spiro atoms. The van der Waals surface area contributed by atoms with E-state index in [1.165, 1.54) is 17.0 Å². The molecular formula is C11H14FN3OS. The van der Waals surface area contributed by atoms with E-state index in [4.69, 9.17) is 18.0 Å². The number of benzene rings is 1. The molecule has 0 saturated carbocycles. The van der Waals surface area contributed by atoms with Crippen molar-refractivity contribution in [2.45, 2.75) is 0 Å². The van der Waals surface area contributed by atoms with Crippen molar-refractivity contribution in [2.24, 2.45) is 5.73 Å². The fourth-order valence-corrected chi connectivity index (χ4v) is 1.27. The molecule has 0 atom stereocenters. The standard InChI is InChI=1S/C11H14FN3OS/c1-15(2)10(16)6-14-9-4-3-7(11(13)17)5-8(9)12/h3-5,14H,6H2,1-2H3,(H2,13,17). The van der Waals surface area contributed by atoms with E-state index in [1.807, 2.05) is 0 Å². The number of hydrogen-bond acceptors (Lipinski definition) is 3. The Hall–Kier alpha value is -1.69. The predicted molar refractivity (Wildman–Crippen MR) is 69.5 cm³/mol. The fraction of sp³-hybridized carbons (Fsp3) is 0.273. The molecule has 0 radical (unpaired) electrons. The molecule has 6 heteroatoms. The van der Waals surface area contributed by atoms with Crippen LogP contribution in [0, 0.1) is 5.82 Å². The Morgan fingerprint density at radius 1 is 1.53 bits per heavy atom. The highest BCUT2D eigenvalue weighted by molar-refractivity contribution is 7.80. The van der Waals surface area contributed by atoms with E-state index >= 15 is 0 Å². The maximum absolute atomic E-state index is 13.6. The molecule has 0 aliphatic heterocycles. The molecular weight excluding hydrogens is 241 g/mol. The first kappa shape index (κ1) is 13.4. The highest BCUT2D eigenvalue weighted by atomic mass is 32.1. The van der Waals surface area contributed by atoms with Crippen LogP contribution in [0.1, 0.15) is 5.56 Å². The minimum absolute atomic E-state index is 0.0380. The number of halogens is 1. The Bertz CT molecular complexity index is 448. The third kappa shape index (κ3) is 3.67. The smallest absolute Gasteiger partial charge is 0.241 e. The lowest BCUT2D eigenvalue weighted by molar-refractivity contribution is -0.126. The summed E-state index contributed by atoms with van der Waals surface area (Å²) in [7, 11) is 3.27. The highest BCUT2D eigenvalue weighted by Gasteiger charge is 2.07. The second-order valence-corrected chi connectivity index (χ2v) is 4.14. The fourth-order valence-electron chi connectivity index (χ4n) is 1.14.